The molecule has 1 aliphatic rings. The molecule has 0 aromatic heterocycles. The van der Waals surface area contributed by atoms with Gasteiger partial charge in [-0.3, -0.25) is 4.79 Å². The van der Waals surface area contributed by atoms with Gasteiger partial charge in [-0.1, -0.05) is 31.5 Å². The highest BCUT2D eigenvalue weighted by Gasteiger charge is 2.21. The second kappa shape index (κ2) is 9.46. The monoisotopic (exact) mass is 247 g/mol. The molecule has 0 radical (unpaired) electrons. The molecule has 2 heteroatoms. The third kappa shape index (κ3) is 6.24. The van der Waals surface area contributed by atoms with Gasteiger partial charge in [-0.25, -0.2) is 0 Å². The molecule has 1 aliphatic carbocycles. The van der Waals surface area contributed by atoms with Crippen molar-refractivity contribution >= 4 is 5.91 Å². The number of aryl methyl sites for hydroxylation is 1. The number of benzene rings is 1. The Labute approximate surface area is 111 Å². The summed E-state index contributed by atoms with van der Waals surface area (Å²) in [6, 6.07) is 7.67. The first-order valence-corrected chi connectivity index (χ1v) is 6.60. The molecule has 1 amide bonds. The van der Waals surface area contributed by atoms with Gasteiger partial charge in [0.2, 0.25) is 0 Å². The van der Waals surface area contributed by atoms with Crippen molar-refractivity contribution in [2.75, 3.05) is 6.54 Å². The number of carbonyl (C=O) groups excluding carboxylic acids is 1. The van der Waals surface area contributed by atoms with Gasteiger partial charge < -0.3 is 5.32 Å². The molecule has 1 N–H and O–H groups in total. The third-order valence-electron chi connectivity index (χ3n) is 2.56. The molecular formula is C16H25NO. The molecule has 0 heterocycles. The molecule has 1 aromatic rings. The lowest BCUT2D eigenvalue weighted by Gasteiger charge is -2.03. The lowest BCUT2D eigenvalue weighted by molar-refractivity contribution is 0.0952. The normalized spacial score (nSPS) is 12.4. The molecule has 2 rings (SSSR count). The van der Waals surface area contributed by atoms with Crippen molar-refractivity contribution in [2.45, 2.75) is 33.6 Å². The van der Waals surface area contributed by atoms with E-state index in [9.17, 15) is 4.79 Å². The van der Waals surface area contributed by atoms with Gasteiger partial charge in [0.25, 0.3) is 5.91 Å². The maximum atomic E-state index is 11.6. The predicted octanol–water partition coefficient (Wildman–Crippen LogP) is 3.96. The quantitative estimate of drug-likeness (QED) is 0.805. The van der Waals surface area contributed by atoms with E-state index in [0.29, 0.717) is 0 Å². The van der Waals surface area contributed by atoms with Gasteiger partial charge in [-0.15, -0.1) is 13.2 Å². The van der Waals surface area contributed by atoms with Crippen LogP contribution >= 0.6 is 0 Å². The van der Waals surface area contributed by atoms with Crippen LogP contribution in [0.15, 0.2) is 37.4 Å². The smallest absolute Gasteiger partial charge is 0.251 e. The molecule has 1 saturated carbocycles. The van der Waals surface area contributed by atoms with E-state index in [2.05, 4.69) is 18.5 Å². The Balaban J connectivity index is 0.000000659. The van der Waals surface area contributed by atoms with E-state index in [1.54, 1.807) is 0 Å². The molecule has 0 aliphatic heterocycles. The van der Waals surface area contributed by atoms with Crippen LogP contribution in [0.3, 0.4) is 0 Å². The maximum absolute atomic E-state index is 11.6. The highest BCUT2D eigenvalue weighted by Crippen LogP contribution is 2.27. The van der Waals surface area contributed by atoms with Crippen LogP contribution in [0.5, 0.6) is 0 Å². The van der Waals surface area contributed by atoms with Gasteiger partial charge in [-0.05, 0) is 37.8 Å². The molecule has 18 heavy (non-hydrogen) atoms. The third-order valence-corrected chi connectivity index (χ3v) is 2.56. The molecule has 1 fully saturated rings. The van der Waals surface area contributed by atoms with E-state index < -0.39 is 0 Å². The van der Waals surface area contributed by atoms with E-state index in [4.69, 9.17) is 0 Å². The van der Waals surface area contributed by atoms with E-state index in [0.717, 1.165) is 18.0 Å². The van der Waals surface area contributed by atoms with E-state index in [1.807, 2.05) is 45.0 Å². The summed E-state index contributed by atoms with van der Waals surface area (Å²) in [5, 5.41) is 2.94. The van der Waals surface area contributed by atoms with Crippen LogP contribution in [0.4, 0.5) is 0 Å². The van der Waals surface area contributed by atoms with Crippen LogP contribution in [-0.2, 0) is 0 Å². The standard InChI is InChI=1S/C12H15NO.C2H6.C2H4/c1-9-2-6-11(7-3-9)12(14)13-8-10-4-5-10;2*1-2/h2-3,6-7,10H,4-5,8H2,1H3,(H,13,14);1-2H3;1-2H2. The van der Waals surface area contributed by atoms with Crippen molar-refractivity contribution in [3.05, 3.63) is 48.6 Å². The van der Waals surface area contributed by atoms with Gasteiger partial charge in [-0.2, -0.15) is 0 Å². The van der Waals surface area contributed by atoms with E-state index in [-0.39, 0.29) is 5.91 Å². The highest BCUT2D eigenvalue weighted by molar-refractivity contribution is 5.94. The average Bonchev–Trinajstić information content (AvgIpc) is 3.25. The van der Waals surface area contributed by atoms with Crippen molar-refractivity contribution in [3.8, 4) is 0 Å². The molecule has 0 spiro atoms. The summed E-state index contributed by atoms with van der Waals surface area (Å²) in [5.74, 6) is 0.793. The minimum absolute atomic E-state index is 0.0527. The maximum Gasteiger partial charge on any atom is 0.251 e. The lowest BCUT2D eigenvalue weighted by atomic mass is 10.1. The zero-order chi connectivity index (χ0) is 14.0. The largest absolute Gasteiger partial charge is 0.352 e. The molecule has 1 aromatic carbocycles. The van der Waals surface area contributed by atoms with Crippen molar-refractivity contribution in [1.82, 2.24) is 5.32 Å². The van der Waals surface area contributed by atoms with Gasteiger partial charge >= 0.3 is 0 Å². The van der Waals surface area contributed by atoms with E-state index in [1.165, 1.54) is 18.4 Å². The van der Waals surface area contributed by atoms with E-state index >= 15 is 0 Å². The minimum Gasteiger partial charge on any atom is -0.352 e. The Morgan fingerprint density at radius 2 is 1.72 bits per heavy atom. The molecule has 0 unspecified atom stereocenters. The molecule has 0 bridgehead atoms. The molecule has 100 valence electrons. The SMILES string of the molecule is C=C.CC.Cc1ccc(C(=O)NCC2CC2)cc1. The summed E-state index contributed by atoms with van der Waals surface area (Å²) >= 11 is 0. The van der Waals surface area contributed by atoms with Gasteiger partial charge in [0.15, 0.2) is 0 Å². The molecule has 0 saturated heterocycles. The summed E-state index contributed by atoms with van der Waals surface area (Å²) in [6.45, 7) is 12.9. The zero-order valence-electron chi connectivity index (χ0n) is 11.8. The number of hydrogen-bond donors (Lipinski definition) is 1. The van der Waals surface area contributed by atoms with Crippen LogP contribution in [0.25, 0.3) is 0 Å². The topological polar surface area (TPSA) is 29.1 Å². The van der Waals surface area contributed by atoms with Crippen LogP contribution in [0, 0.1) is 12.8 Å². The highest BCUT2D eigenvalue weighted by atomic mass is 16.1. The van der Waals surface area contributed by atoms with Gasteiger partial charge in [0.1, 0.15) is 0 Å². The van der Waals surface area contributed by atoms with Gasteiger partial charge in [0.05, 0.1) is 0 Å². The number of amides is 1. The molecule has 2 nitrogen and oxygen atoms in total. The average molecular weight is 247 g/mol. The summed E-state index contributed by atoms with van der Waals surface area (Å²) in [5.41, 5.74) is 1.94. The van der Waals surface area contributed by atoms with Crippen LogP contribution in [0.2, 0.25) is 0 Å². The summed E-state index contributed by atoms with van der Waals surface area (Å²) < 4.78 is 0. The number of rotatable bonds is 3. The lowest BCUT2D eigenvalue weighted by Crippen LogP contribution is -2.25. The Kier molecular flexibility index (Phi) is 8.63. The molecule has 0 atom stereocenters. The fourth-order valence-electron chi connectivity index (χ4n) is 1.37. The Morgan fingerprint density at radius 3 is 2.17 bits per heavy atom. The minimum atomic E-state index is 0.0527. The van der Waals surface area contributed by atoms with Gasteiger partial charge in [0, 0.05) is 12.1 Å². The number of carbonyl (C=O) groups is 1. The summed E-state index contributed by atoms with van der Waals surface area (Å²) in [7, 11) is 0. The fraction of sp³-hybridized carbons (Fsp3) is 0.438. The second-order valence-corrected chi connectivity index (χ2v) is 4.02. The van der Waals surface area contributed by atoms with Crippen molar-refractivity contribution in [2.24, 2.45) is 5.92 Å². The van der Waals surface area contributed by atoms with Crippen molar-refractivity contribution in [3.63, 3.8) is 0 Å². The zero-order valence-corrected chi connectivity index (χ0v) is 11.8. The Bertz CT molecular complexity index is 339. The Morgan fingerprint density at radius 1 is 1.22 bits per heavy atom. The van der Waals surface area contributed by atoms with Crippen LogP contribution < -0.4 is 5.32 Å². The Hall–Kier alpha value is -1.57. The first kappa shape index (κ1) is 16.4. The van der Waals surface area contributed by atoms with Crippen molar-refractivity contribution in [1.29, 1.82) is 0 Å². The number of nitrogens with one attached hydrogen (secondary N) is 1. The fourth-order valence-corrected chi connectivity index (χ4v) is 1.37. The number of hydrogen-bond acceptors (Lipinski definition) is 1. The first-order valence-electron chi connectivity index (χ1n) is 6.60. The summed E-state index contributed by atoms with van der Waals surface area (Å²) in [6.07, 6.45) is 2.54. The first-order chi connectivity index (χ1) is 8.75. The second-order valence-electron chi connectivity index (χ2n) is 4.02. The molecular weight excluding hydrogens is 222 g/mol. The van der Waals surface area contributed by atoms with Crippen LogP contribution in [-0.4, -0.2) is 12.5 Å². The van der Waals surface area contributed by atoms with Crippen LogP contribution in [0.1, 0.15) is 42.6 Å². The predicted molar refractivity (Wildman–Crippen MR) is 78.8 cm³/mol. The van der Waals surface area contributed by atoms with Crippen molar-refractivity contribution < 1.29 is 4.79 Å². The summed E-state index contributed by atoms with van der Waals surface area (Å²) in [4.78, 5) is 11.6.